The summed E-state index contributed by atoms with van der Waals surface area (Å²) in [6.45, 7) is 5.59. The van der Waals surface area contributed by atoms with Gasteiger partial charge in [-0.2, -0.15) is 0 Å². The van der Waals surface area contributed by atoms with E-state index in [2.05, 4.69) is 0 Å². The molecule has 1 aromatic heterocycles. The third-order valence-electron chi connectivity index (χ3n) is 5.20. The number of rotatable bonds is 2. The lowest BCUT2D eigenvalue weighted by Gasteiger charge is -2.37. The van der Waals surface area contributed by atoms with Crippen LogP contribution in [0, 0.1) is 13.8 Å². The monoisotopic (exact) mass is 350 g/mol. The third-order valence-corrected chi connectivity index (χ3v) is 5.20. The highest BCUT2D eigenvalue weighted by molar-refractivity contribution is 5.82. The Labute approximate surface area is 152 Å². The van der Waals surface area contributed by atoms with Crippen LogP contribution in [0.25, 0.3) is 11.0 Å². The quantitative estimate of drug-likeness (QED) is 0.757. The number of aliphatic hydroxyl groups excluding tert-OH is 1. The Morgan fingerprint density at radius 1 is 1.19 bits per heavy atom. The normalized spacial score (nSPS) is 22.1. The lowest BCUT2D eigenvalue weighted by Crippen LogP contribution is -2.43. The Hall–Kier alpha value is -2.59. The molecular weight excluding hydrogens is 328 g/mol. The molecule has 2 heterocycles. The van der Waals surface area contributed by atoms with Gasteiger partial charge in [-0.15, -0.1) is 0 Å². The minimum Gasteiger partial charge on any atom is -0.456 e. The highest BCUT2D eigenvalue weighted by atomic mass is 16.6. The van der Waals surface area contributed by atoms with E-state index in [1.165, 1.54) is 0 Å². The molecule has 0 unspecified atom stereocenters. The molecule has 0 saturated heterocycles. The Kier molecular flexibility index (Phi) is 3.88. The summed E-state index contributed by atoms with van der Waals surface area (Å²) in [5.41, 5.74) is 3.18. The molecule has 4 nitrogen and oxygen atoms in total. The number of hydrogen-bond donors (Lipinski definition) is 1. The number of aliphatic hydroxyl groups is 1. The molecule has 2 atom stereocenters. The van der Waals surface area contributed by atoms with E-state index in [1.54, 1.807) is 0 Å². The van der Waals surface area contributed by atoms with Crippen molar-refractivity contribution in [1.29, 1.82) is 0 Å². The summed E-state index contributed by atoms with van der Waals surface area (Å²) in [6.07, 6.45) is 0.516. The van der Waals surface area contributed by atoms with Crippen molar-refractivity contribution in [3.63, 3.8) is 0 Å². The van der Waals surface area contributed by atoms with Crippen LogP contribution in [-0.4, -0.2) is 17.3 Å². The Morgan fingerprint density at radius 3 is 2.62 bits per heavy atom. The summed E-state index contributed by atoms with van der Waals surface area (Å²) in [4.78, 5) is 13.4. The Morgan fingerprint density at radius 2 is 1.92 bits per heavy atom. The molecular formula is C22H22O4. The topological polar surface area (TPSA) is 59.7 Å². The van der Waals surface area contributed by atoms with Crippen LogP contribution < -0.4 is 10.2 Å². The molecule has 0 aliphatic carbocycles. The standard InChI is InChI=1S/C22H22O4/c1-13-9-14(2)18-17(10-13)25-21-19(20(18)24)16(11-22(3,12-23)26-21)15-7-5-4-6-8-15/h4-10,16,23H,11-12H2,1-3H3/t16-,22+/m1/s1. The van der Waals surface area contributed by atoms with E-state index >= 15 is 0 Å². The van der Waals surface area contributed by atoms with Crippen molar-refractivity contribution >= 4 is 11.0 Å². The fourth-order valence-corrected chi connectivity index (χ4v) is 3.92. The zero-order valence-corrected chi connectivity index (χ0v) is 15.2. The molecule has 134 valence electrons. The minimum atomic E-state index is -0.796. The Bertz CT molecular complexity index is 1040. The van der Waals surface area contributed by atoms with Gasteiger partial charge in [0.25, 0.3) is 5.95 Å². The van der Waals surface area contributed by atoms with Gasteiger partial charge < -0.3 is 14.3 Å². The molecule has 1 aliphatic rings. The first kappa shape index (κ1) is 16.9. The molecule has 4 rings (SSSR count). The first-order valence-electron chi connectivity index (χ1n) is 8.84. The smallest absolute Gasteiger partial charge is 0.293 e. The van der Waals surface area contributed by atoms with Crippen LogP contribution in [0.4, 0.5) is 0 Å². The van der Waals surface area contributed by atoms with E-state index in [9.17, 15) is 9.90 Å². The van der Waals surface area contributed by atoms with Crippen LogP contribution in [0.3, 0.4) is 0 Å². The molecule has 26 heavy (non-hydrogen) atoms. The summed E-state index contributed by atoms with van der Waals surface area (Å²) in [5.74, 6) is 0.0441. The first-order valence-corrected chi connectivity index (χ1v) is 8.84. The molecule has 0 fully saturated rings. The molecule has 2 aromatic carbocycles. The van der Waals surface area contributed by atoms with Gasteiger partial charge in [-0.05, 0) is 43.5 Å². The highest BCUT2D eigenvalue weighted by Crippen LogP contribution is 2.44. The molecule has 1 aliphatic heterocycles. The molecule has 1 N–H and O–H groups in total. The van der Waals surface area contributed by atoms with E-state index < -0.39 is 5.60 Å². The number of aryl methyl sites for hydroxylation is 2. The van der Waals surface area contributed by atoms with E-state index in [1.807, 2.05) is 63.2 Å². The van der Waals surface area contributed by atoms with Crippen molar-refractivity contribution < 1.29 is 14.3 Å². The molecule has 3 aromatic rings. The van der Waals surface area contributed by atoms with Gasteiger partial charge in [-0.3, -0.25) is 4.79 Å². The average molecular weight is 350 g/mol. The summed E-state index contributed by atoms with van der Waals surface area (Å²) in [6, 6.07) is 13.7. The maximum Gasteiger partial charge on any atom is 0.293 e. The molecule has 0 amide bonds. The van der Waals surface area contributed by atoms with Gasteiger partial charge >= 0.3 is 0 Å². The van der Waals surface area contributed by atoms with Gasteiger partial charge in [0.2, 0.25) is 5.43 Å². The van der Waals surface area contributed by atoms with Gasteiger partial charge in [0, 0.05) is 12.3 Å². The number of ether oxygens (including phenoxy) is 1. The van der Waals surface area contributed by atoms with Gasteiger partial charge in [-0.25, -0.2) is 0 Å². The van der Waals surface area contributed by atoms with Crippen molar-refractivity contribution in [2.75, 3.05) is 6.61 Å². The maximum atomic E-state index is 13.4. The average Bonchev–Trinajstić information content (AvgIpc) is 2.61. The second-order valence-corrected chi connectivity index (χ2v) is 7.46. The van der Waals surface area contributed by atoms with E-state index in [-0.39, 0.29) is 23.9 Å². The summed E-state index contributed by atoms with van der Waals surface area (Å²) >= 11 is 0. The van der Waals surface area contributed by atoms with Crippen molar-refractivity contribution in [3.8, 4) is 5.95 Å². The third kappa shape index (κ3) is 2.61. The maximum absolute atomic E-state index is 13.4. The lowest BCUT2D eigenvalue weighted by atomic mass is 9.80. The van der Waals surface area contributed by atoms with Gasteiger partial charge in [0.15, 0.2) is 0 Å². The second kappa shape index (κ2) is 5.99. The molecule has 0 radical (unpaired) electrons. The van der Waals surface area contributed by atoms with Crippen LogP contribution >= 0.6 is 0 Å². The molecule has 0 saturated carbocycles. The molecule has 0 bridgehead atoms. The van der Waals surface area contributed by atoms with Gasteiger partial charge in [0.1, 0.15) is 11.2 Å². The van der Waals surface area contributed by atoms with Gasteiger partial charge in [-0.1, -0.05) is 36.4 Å². The highest BCUT2D eigenvalue weighted by Gasteiger charge is 2.41. The number of fused-ring (bicyclic) bond motifs is 2. The molecule has 4 heteroatoms. The van der Waals surface area contributed by atoms with Crippen molar-refractivity contribution in [3.05, 3.63) is 74.9 Å². The Balaban J connectivity index is 2.04. The predicted octanol–water partition coefficient (Wildman–Crippen LogP) is 4.08. The fourth-order valence-electron chi connectivity index (χ4n) is 3.92. The minimum absolute atomic E-state index is 0.0485. The van der Waals surface area contributed by atoms with E-state index in [0.29, 0.717) is 23.0 Å². The van der Waals surface area contributed by atoms with Crippen LogP contribution in [-0.2, 0) is 0 Å². The van der Waals surface area contributed by atoms with Crippen LogP contribution in [0.5, 0.6) is 5.95 Å². The SMILES string of the molecule is Cc1cc(C)c2c(=O)c3c(oc2c1)O[C@](C)(CO)C[C@@H]3c1ccccc1. The number of hydrogen-bond acceptors (Lipinski definition) is 4. The fraction of sp³-hybridized carbons (Fsp3) is 0.318. The van der Waals surface area contributed by atoms with Crippen LogP contribution in [0.15, 0.2) is 51.7 Å². The van der Waals surface area contributed by atoms with Crippen molar-refractivity contribution in [2.45, 2.75) is 38.7 Å². The molecule has 0 spiro atoms. The summed E-state index contributed by atoms with van der Waals surface area (Å²) in [5, 5.41) is 10.5. The van der Waals surface area contributed by atoms with Crippen LogP contribution in [0.1, 0.15) is 41.5 Å². The van der Waals surface area contributed by atoms with Crippen LogP contribution in [0.2, 0.25) is 0 Å². The largest absolute Gasteiger partial charge is 0.456 e. The lowest BCUT2D eigenvalue weighted by molar-refractivity contribution is -0.0160. The van der Waals surface area contributed by atoms with E-state index in [0.717, 1.165) is 16.7 Å². The zero-order valence-electron chi connectivity index (χ0n) is 15.2. The summed E-state index contributed by atoms with van der Waals surface area (Å²) in [7, 11) is 0. The van der Waals surface area contributed by atoms with Crippen molar-refractivity contribution in [2.24, 2.45) is 0 Å². The first-order chi connectivity index (χ1) is 12.4. The van der Waals surface area contributed by atoms with E-state index in [4.69, 9.17) is 9.15 Å². The predicted molar refractivity (Wildman–Crippen MR) is 101 cm³/mol. The second-order valence-electron chi connectivity index (χ2n) is 7.46. The number of benzene rings is 2. The van der Waals surface area contributed by atoms with Gasteiger partial charge in [0.05, 0.1) is 17.6 Å². The zero-order chi connectivity index (χ0) is 18.5. The van der Waals surface area contributed by atoms with Crippen molar-refractivity contribution in [1.82, 2.24) is 0 Å². The summed E-state index contributed by atoms with van der Waals surface area (Å²) < 4.78 is 12.0.